The molecule has 25 heavy (non-hydrogen) atoms. The predicted molar refractivity (Wildman–Crippen MR) is 102 cm³/mol. The lowest BCUT2D eigenvalue weighted by Gasteiger charge is -2.19. The van der Waals surface area contributed by atoms with Crippen molar-refractivity contribution in [2.45, 2.75) is 19.9 Å². The third-order valence-corrected chi connectivity index (χ3v) is 4.44. The summed E-state index contributed by atoms with van der Waals surface area (Å²) < 4.78 is 5.41. The maximum Gasteiger partial charge on any atom is 0.227 e. The number of hydrogen-bond acceptors (Lipinski definition) is 2. The normalized spacial score (nSPS) is 10.7. The van der Waals surface area contributed by atoms with Crippen LogP contribution in [0, 0.1) is 6.92 Å². The van der Waals surface area contributed by atoms with Gasteiger partial charge in [0.1, 0.15) is 5.75 Å². The molecular formula is C22H23NO2. The summed E-state index contributed by atoms with van der Waals surface area (Å²) in [5.41, 5.74) is 3.22. The summed E-state index contributed by atoms with van der Waals surface area (Å²) in [6.07, 6.45) is 0.398. The number of amides is 1. The lowest BCUT2D eigenvalue weighted by atomic mass is 10.0. The zero-order valence-corrected chi connectivity index (χ0v) is 15.0. The van der Waals surface area contributed by atoms with E-state index in [1.165, 1.54) is 5.39 Å². The quantitative estimate of drug-likeness (QED) is 0.694. The number of nitrogens with zero attached hydrogens (tertiary/aromatic N) is 1. The predicted octanol–water partition coefficient (Wildman–Crippen LogP) is 4.36. The van der Waals surface area contributed by atoms with Crippen molar-refractivity contribution in [3.05, 3.63) is 77.4 Å². The number of rotatable bonds is 5. The van der Waals surface area contributed by atoms with E-state index >= 15 is 0 Å². The zero-order valence-electron chi connectivity index (χ0n) is 15.0. The van der Waals surface area contributed by atoms with E-state index in [1.807, 2.05) is 44.3 Å². The van der Waals surface area contributed by atoms with Gasteiger partial charge in [-0.25, -0.2) is 0 Å². The van der Waals surface area contributed by atoms with Crippen LogP contribution in [0.4, 0.5) is 0 Å². The fourth-order valence-electron chi connectivity index (χ4n) is 3.03. The average molecular weight is 333 g/mol. The van der Waals surface area contributed by atoms with Crippen molar-refractivity contribution in [3.8, 4) is 5.75 Å². The van der Waals surface area contributed by atoms with E-state index in [1.54, 1.807) is 12.0 Å². The molecular weight excluding hydrogens is 310 g/mol. The first kappa shape index (κ1) is 17.0. The molecule has 3 aromatic carbocycles. The maximum absolute atomic E-state index is 12.6. The number of aryl methyl sites for hydroxylation is 1. The summed E-state index contributed by atoms with van der Waals surface area (Å²) in [6, 6.07) is 20.4. The van der Waals surface area contributed by atoms with Crippen molar-refractivity contribution in [1.29, 1.82) is 0 Å². The fourth-order valence-corrected chi connectivity index (χ4v) is 3.03. The SMILES string of the molecule is COc1ccc(C)cc1CN(C)C(=O)Cc1ccc2ccccc2c1. The minimum atomic E-state index is 0.0961. The van der Waals surface area contributed by atoms with Gasteiger partial charge in [0.05, 0.1) is 13.5 Å². The Hall–Kier alpha value is -2.81. The van der Waals surface area contributed by atoms with Gasteiger partial charge in [0.15, 0.2) is 0 Å². The van der Waals surface area contributed by atoms with Gasteiger partial charge in [0.2, 0.25) is 5.91 Å². The lowest BCUT2D eigenvalue weighted by molar-refractivity contribution is -0.129. The number of carbonyl (C=O) groups excluding carboxylic acids is 1. The van der Waals surface area contributed by atoms with Gasteiger partial charge >= 0.3 is 0 Å². The van der Waals surface area contributed by atoms with Crippen LogP contribution in [-0.2, 0) is 17.8 Å². The minimum absolute atomic E-state index is 0.0961. The first-order valence-electron chi connectivity index (χ1n) is 8.42. The molecule has 0 fully saturated rings. The van der Waals surface area contributed by atoms with Gasteiger partial charge in [-0.05, 0) is 29.3 Å². The molecule has 0 atom stereocenters. The van der Waals surface area contributed by atoms with Crippen molar-refractivity contribution in [2.75, 3.05) is 14.2 Å². The highest BCUT2D eigenvalue weighted by molar-refractivity contribution is 5.85. The summed E-state index contributed by atoms with van der Waals surface area (Å²) in [4.78, 5) is 14.4. The lowest BCUT2D eigenvalue weighted by Crippen LogP contribution is -2.28. The topological polar surface area (TPSA) is 29.5 Å². The van der Waals surface area contributed by atoms with Gasteiger partial charge in [0, 0.05) is 19.2 Å². The Morgan fingerprint density at radius 2 is 1.76 bits per heavy atom. The summed E-state index contributed by atoms with van der Waals surface area (Å²) in [5.74, 6) is 0.912. The number of likely N-dealkylation sites (N-methyl/N-ethyl adjacent to an activating group) is 1. The van der Waals surface area contributed by atoms with Crippen LogP contribution < -0.4 is 4.74 Å². The van der Waals surface area contributed by atoms with Crippen LogP contribution in [0.2, 0.25) is 0 Å². The number of hydrogen-bond donors (Lipinski definition) is 0. The van der Waals surface area contributed by atoms with Gasteiger partial charge in [-0.1, -0.05) is 60.2 Å². The zero-order chi connectivity index (χ0) is 17.8. The monoisotopic (exact) mass is 333 g/mol. The Labute approximate surface area is 148 Å². The van der Waals surface area contributed by atoms with E-state index in [4.69, 9.17) is 4.74 Å². The van der Waals surface area contributed by atoms with E-state index < -0.39 is 0 Å². The van der Waals surface area contributed by atoms with E-state index in [0.717, 1.165) is 27.8 Å². The highest BCUT2D eigenvalue weighted by atomic mass is 16.5. The molecule has 0 N–H and O–H groups in total. The average Bonchev–Trinajstić information content (AvgIpc) is 2.61. The molecule has 128 valence electrons. The molecule has 1 amide bonds. The molecule has 0 saturated heterocycles. The van der Waals surface area contributed by atoms with Gasteiger partial charge < -0.3 is 9.64 Å². The van der Waals surface area contributed by atoms with Crippen molar-refractivity contribution >= 4 is 16.7 Å². The second-order valence-corrected chi connectivity index (χ2v) is 6.42. The third-order valence-electron chi connectivity index (χ3n) is 4.44. The molecule has 3 aromatic rings. The first-order chi connectivity index (χ1) is 12.1. The number of ether oxygens (including phenoxy) is 1. The highest BCUT2D eigenvalue weighted by Crippen LogP contribution is 2.22. The summed E-state index contributed by atoms with van der Waals surface area (Å²) in [5, 5.41) is 2.35. The van der Waals surface area contributed by atoms with Crippen LogP contribution >= 0.6 is 0 Å². The van der Waals surface area contributed by atoms with Crippen LogP contribution in [0.25, 0.3) is 10.8 Å². The van der Waals surface area contributed by atoms with Crippen molar-refractivity contribution in [3.63, 3.8) is 0 Å². The number of methoxy groups -OCH3 is 1. The standard InChI is InChI=1S/C22H23NO2/c1-16-8-11-21(25-3)20(12-16)15-23(2)22(24)14-17-9-10-18-6-4-5-7-19(18)13-17/h4-13H,14-15H2,1-3H3. The van der Waals surface area contributed by atoms with Crippen molar-refractivity contribution in [1.82, 2.24) is 4.90 Å². The number of fused-ring (bicyclic) bond motifs is 1. The van der Waals surface area contributed by atoms with Crippen LogP contribution in [0.1, 0.15) is 16.7 Å². The molecule has 0 unspecified atom stereocenters. The Balaban J connectivity index is 1.72. The van der Waals surface area contributed by atoms with Crippen LogP contribution in [0.5, 0.6) is 5.75 Å². The molecule has 0 saturated carbocycles. The Morgan fingerprint density at radius 3 is 2.52 bits per heavy atom. The Bertz CT molecular complexity index is 901. The van der Waals surface area contributed by atoms with Crippen LogP contribution in [0.15, 0.2) is 60.7 Å². The van der Waals surface area contributed by atoms with Gasteiger partial charge in [-0.3, -0.25) is 4.79 Å². The van der Waals surface area contributed by atoms with Gasteiger partial charge in [0.25, 0.3) is 0 Å². The molecule has 0 aliphatic rings. The molecule has 3 heteroatoms. The van der Waals surface area contributed by atoms with E-state index in [-0.39, 0.29) is 5.91 Å². The molecule has 0 radical (unpaired) electrons. The van der Waals surface area contributed by atoms with E-state index in [0.29, 0.717) is 13.0 Å². The molecule has 0 spiro atoms. The van der Waals surface area contributed by atoms with Crippen molar-refractivity contribution < 1.29 is 9.53 Å². The fraction of sp³-hybridized carbons (Fsp3) is 0.227. The van der Waals surface area contributed by atoms with E-state index in [2.05, 4.69) is 30.3 Å². The third kappa shape index (κ3) is 4.00. The Kier molecular flexibility index (Phi) is 5.03. The molecule has 0 aliphatic heterocycles. The molecule has 0 aromatic heterocycles. The highest BCUT2D eigenvalue weighted by Gasteiger charge is 2.13. The summed E-state index contributed by atoms with van der Waals surface area (Å²) in [6.45, 7) is 2.58. The largest absolute Gasteiger partial charge is 0.496 e. The minimum Gasteiger partial charge on any atom is -0.496 e. The molecule has 0 heterocycles. The molecule has 3 nitrogen and oxygen atoms in total. The van der Waals surface area contributed by atoms with Gasteiger partial charge in [-0.15, -0.1) is 0 Å². The van der Waals surface area contributed by atoms with E-state index in [9.17, 15) is 4.79 Å². The Morgan fingerprint density at radius 1 is 1.00 bits per heavy atom. The van der Waals surface area contributed by atoms with Gasteiger partial charge in [-0.2, -0.15) is 0 Å². The first-order valence-corrected chi connectivity index (χ1v) is 8.42. The maximum atomic E-state index is 12.6. The van der Waals surface area contributed by atoms with Crippen LogP contribution in [-0.4, -0.2) is 25.0 Å². The number of carbonyl (C=O) groups is 1. The number of benzene rings is 3. The summed E-state index contributed by atoms with van der Waals surface area (Å²) in [7, 11) is 3.50. The second kappa shape index (κ2) is 7.39. The van der Waals surface area contributed by atoms with Crippen LogP contribution in [0.3, 0.4) is 0 Å². The molecule has 0 aliphatic carbocycles. The molecule has 3 rings (SSSR count). The van der Waals surface area contributed by atoms with Crippen molar-refractivity contribution in [2.24, 2.45) is 0 Å². The summed E-state index contributed by atoms with van der Waals surface area (Å²) >= 11 is 0. The smallest absolute Gasteiger partial charge is 0.227 e. The second-order valence-electron chi connectivity index (χ2n) is 6.42. The molecule has 0 bridgehead atoms.